The Labute approximate surface area is 133 Å². The summed E-state index contributed by atoms with van der Waals surface area (Å²) in [7, 11) is -3.22. The number of rotatable bonds is 4. The third kappa shape index (κ3) is 2.98. The Morgan fingerprint density at radius 2 is 1.78 bits per heavy atom. The van der Waals surface area contributed by atoms with Crippen molar-refractivity contribution in [1.82, 2.24) is 4.57 Å². The number of fused-ring (bicyclic) bond motifs is 1. The molecule has 0 bridgehead atoms. The van der Waals surface area contributed by atoms with Gasteiger partial charge in [0, 0.05) is 24.4 Å². The van der Waals surface area contributed by atoms with E-state index in [-0.39, 0.29) is 10.5 Å². The molecule has 1 N–H and O–H groups in total. The minimum Gasteiger partial charge on any atom is -0.478 e. The highest BCUT2D eigenvalue weighted by molar-refractivity contribution is 7.90. The lowest BCUT2D eigenvalue weighted by Gasteiger charge is -2.08. The van der Waals surface area contributed by atoms with Gasteiger partial charge in [-0.05, 0) is 29.8 Å². The fourth-order valence-electron chi connectivity index (χ4n) is 2.60. The second-order valence-corrected chi connectivity index (χ2v) is 7.42. The molecule has 3 rings (SSSR count). The highest BCUT2D eigenvalue weighted by atomic mass is 32.2. The predicted molar refractivity (Wildman–Crippen MR) is 87.6 cm³/mol. The SMILES string of the molecule is CS(=O)(=O)c1ccc(Cn2ccc3cccc(C(=O)O)c32)cc1. The van der Waals surface area contributed by atoms with Crippen LogP contribution >= 0.6 is 0 Å². The maximum atomic E-state index is 11.5. The molecule has 0 saturated carbocycles. The van der Waals surface area contributed by atoms with Crippen LogP contribution in [-0.4, -0.2) is 30.3 Å². The number of sulfone groups is 1. The molecule has 0 fully saturated rings. The number of carbonyl (C=O) groups is 1. The number of hydrogen-bond donors (Lipinski definition) is 1. The number of nitrogens with zero attached hydrogens (tertiary/aromatic N) is 1. The lowest BCUT2D eigenvalue weighted by Crippen LogP contribution is -2.04. The van der Waals surface area contributed by atoms with E-state index in [4.69, 9.17) is 0 Å². The molecule has 1 heterocycles. The summed E-state index contributed by atoms with van der Waals surface area (Å²) in [5.74, 6) is -0.969. The van der Waals surface area contributed by atoms with Gasteiger partial charge in [-0.3, -0.25) is 0 Å². The van der Waals surface area contributed by atoms with E-state index < -0.39 is 15.8 Å². The van der Waals surface area contributed by atoms with Crippen molar-refractivity contribution in [3.63, 3.8) is 0 Å². The minimum atomic E-state index is -3.22. The van der Waals surface area contributed by atoms with Gasteiger partial charge in [0.2, 0.25) is 0 Å². The molecule has 0 amide bonds. The molecule has 118 valence electrons. The second kappa shape index (κ2) is 5.55. The van der Waals surface area contributed by atoms with Crippen LogP contribution in [0.1, 0.15) is 15.9 Å². The second-order valence-electron chi connectivity index (χ2n) is 5.41. The first-order valence-corrected chi connectivity index (χ1v) is 8.85. The molecule has 0 aliphatic heterocycles. The number of carboxylic acids is 1. The molecule has 0 atom stereocenters. The molecule has 0 aliphatic carbocycles. The van der Waals surface area contributed by atoms with Gasteiger partial charge < -0.3 is 9.67 Å². The summed E-state index contributed by atoms with van der Waals surface area (Å²) in [6.07, 6.45) is 3.00. The van der Waals surface area contributed by atoms with E-state index in [1.54, 1.807) is 36.4 Å². The molecule has 5 nitrogen and oxygen atoms in total. The van der Waals surface area contributed by atoms with Gasteiger partial charge in [-0.15, -0.1) is 0 Å². The maximum Gasteiger partial charge on any atom is 0.337 e. The first kappa shape index (κ1) is 15.3. The standard InChI is InChI=1S/C17H15NO4S/c1-23(21,22)14-7-5-12(6-8-14)11-18-10-9-13-3-2-4-15(16(13)18)17(19)20/h2-10H,11H2,1H3,(H,19,20). The molecule has 0 spiro atoms. The average molecular weight is 329 g/mol. The monoisotopic (exact) mass is 329 g/mol. The Hall–Kier alpha value is -2.60. The number of aromatic nitrogens is 1. The summed E-state index contributed by atoms with van der Waals surface area (Å²) >= 11 is 0. The van der Waals surface area contributed by atoms with Crippen molar-refractivity contribution in [2.45, 2.75) is 11.4 Å². The summed E-state index contributed by atoms with van der Waals surface area (Å²) in [4.78, 5) is 11.7. The third-order valence-corrected chi connectivity index (χ3v) is 4.85. The van der Waals surface area contributed by atoms with E-state index in [0.717, 1.165) is 10.9 Å². The van der Waals surface area contributed by atoms with E-state index in [2.05, 4.69) is 0 Å². The number of benzene rings is 2. The van der Waals surface area contributed by atoms with Gasteiger partial charge in [0.25, 0.3) is 0 Å². The molecule has 2 aromatic carbocycles. The largest absolute Gasteiger partial charge is 0.478 e. The zero-order valence-corrected chi connectivity index (χ0v) is 13.2. The number of aromatic carboxylic acids is 1. The molecule has 23 heavy (non-hydrogen) atoms. The molecule has 3 aromatic rings. The van der Waals surface area contributed by atoms with Crippen LogP contribution in [0.25, 0.3) is 10.9 Å². The van der Waals surface area contributed by atoms with E-state index in [1.807, 2.05) is 22.9 Å². The van der Waals surface area contributed by atoms with Gasteiger partial charge >= 0.3 is 5.97 Å². The normalized spacial score (nSPS) is 11.7. The molecular formula is C17H15NO4S. The van der Waals surface area contributed by atoms with Gasteiger partial charge in [-0.1, -0.05) is 24.3 Å². The van der Waals surface area contributed by atoms with Gasteiger partial charge in [0.1, 0.15) is 0 Å². The number of carboxylic acid groups (broad SMARTS) is 1. The van der Waals surface area contributed by atoms with Crippen LogP contribution in [0.15, 0.2) is 59.6 Å². The van der Waals surface area contributed by atoms with Gasteiger partial charge in [-0.2, -0.15) is 0 Å². The van der Waals surface area contributed by atoms with E-state index >= 15 is 0 Å². The van der Waals surface area contributed by atoms with E-state index in [1.165, 1.54) is 6.26 Å². The lowest BCUT2D eigenvalue weighted by atomic mass is 10.1. The predicted octanol–water partition coefficient (Wildman–Crippen LogP) is 2.79. The Morgan fingerprint density at radius 1 is 1.09 bits per heavy atom. The summed E-state index contributed by atoms with van der Waals surface area (Å²) in [5, 5.41) is 10.2. The summed E-state index contributed by atoms with van der Waals surface area (Å²) in [6.45, 7) is 0.470. The molecule has 0 radical (unpaired) electrons. The van der Waals surface area contributed by atoms with Crippen LogP contribution in [0, 0.1) is 0 Å². The van der Waals surface area contributed by atoms with Gasteiger partial charge in [0.05, 0.1) is 16.0 Å². The summed E-state index contributed by atoms with van der Waals surface area (Å²) < 4.78 is 24.8. The average Bonchev–Trinajstić information content (AvgIpc) is 2.90. The van der Waals surface area contributed by atoms with Crippen molar-refractivity contribution < 1.29 is 18.3 Å². The van der Waals surface area contributed by atoms with Crippen LogP contribution in [0.2, 0.25) is 0 Å². The maximum absolute atomic E-state index is 11.5. The fourth-order valence-corrected chi connectivity index (χ4v) is 3.23. The quantitative estimate of drug-likeness (QED) is 0.798. The van der Waals surface area contributed by atoms with Crippen molar-refractivity contribution in [2.75, 3.05) is 6.26 Å². The van der Waals surface area contributed by atoms with Gasteiger partial charge in [-0.25, -0.2) is 13.2 Å². The van der Waals surface area contributed by atoms with Crippen molar-refractivity contribution in [3.05, 3.63) is 65.9 Å². The first-order valence-electron chi connectivity index (χ1n) is 6.96. The van der Waals surface area contributed by atoms with Crippen molar-refractivity contribution in [3.8, 4) is 0 Å². The van der Waals surface area contributed by atoms with Crippen LogP contribution in [-0.2, 0) is 16.4 Å². The Kier molecular flexibility index (Phi) is 3.69. The van der Waals surface area contributed by atoms with E-state index in [9.17, 15) is 18.3 Å². The van der Waals surface area contributed by atoms with Crippen molar-refractivity contribution in [1.29, 1.82) is 0 Å². The zero-order valence-electron chi connectivity index (χ0n) is 12.4. The molecular weight excluding hydrogens is 314 g/mol. The minimum absolute atomic E-state index is 0.250. The molecule has 6 heteroatoms. The third-order valence-electron chi connectivity index (χ3n) is 3.72. The number of hydrogen-bond acceptors (Lipinski definition) is 3. The van der Waals surface area contributed by atoms with E-state index in [0.29, 0.717) is 12.1 Å². The summed E-state index contributed by atoms with van der Waals surface area (Å²) in [5.41, 5.74) is 1.81. The Balaban J connectivity index is 2.01. The Bertz CT molecular complexity index is 985. The molecule has 0 unspecified atom stereocenters. The lowest BCUT2D eigenvalue weighted by molar-refractivity contribution is 0.0698. The number of para-hydroxylation sites is 1. The van der Waals surface area contributed by atoms with Gasteiger partial charge in [0.15, 0.2) is 9.84 Å². The molecule has 0 aliphatic rings. The van der Waals surface area contributed by atoms with Crippen LogP contribution in [0.5, 0.6) is 0 Å². The fraction of sp³-hybridized carbons (Fsp3) is 0.118. The molecule has 0 saturated heterocycles. The Morgan fingerprint density at radius 3 is 2.39 bits per heavy atom. The smallest absolute Gasteiger partial charge is 0.337 e. The topological polar surface area (TPSA) is 76.4 Å². The first-order chi connectivity index (χ1) is 10.9. The van der Waals surface area contributed by atoms with Crippen molar-refractivity contribution >= 4 is 26.7 Å². The van der Waals surface area contributed by atoms with Crippen LogP contribution in [0.4, 0.5) is 0 Å². The van der Waals surface area contributed by atoms with Crippen LogP contribution < -0.4 is 0 Å². The molecule has 1 aromatic heterocycles. The highest BCUT2D eigenvalue weighted by Gasteiger charge is 2.12. The summed E-state index contributed by atoms with van der Waals surface area (Å²) in [6, 6.07) is 13.6. The zero-order chi connectivity index (χ0) is 16.6. The highest BCUT2D eigenvalue weighted by Crippen LogP contribution is 2.22. The van der Waals surface area contributed by atoms with Crippen LogP contribution in [0.3, 0.4) is 0 Å². The van der Waals surface area contributed by atoms with Crippen molar-refractivity contribution in [2.24, 2.45) is 0 Å².